The number of amides is 1. The number of anilines is 4. The molecule has 4 rings (SSSR count). The van der Waals surface area contributed by atoms with Crippen LogP contribution in [0.5, 0.6) is 23.5 Å². The van der Waals surface area contributed by atoms with Crippen molar-refractivity contribution in [2.24, 2.45) is 0 Å². The summed E-state index contributed by atoms with van der Waals surface area (Å²) in [5.41, 5.74) is 3.08. The van der Waals surface area contributed by atoms with E-state index in [0.717, 1.165) is 43.3 Å². The highest BCUT2D eigenvalue weighted by Crippen LogP contribution is 2.52. The van der Waals surface area contributed by atoms with E-state index in [2.05, 4.69) is 53.7 Å². The quantitative estimate of drug-likeness (QED) is 0.0425. The molecular formula is C48H86N12O13P4S4. The van der Waals surface area contributed by atoms with E-state index in [4.69, 9.17) is 102 Å². The maximum Gasteiger partial charge on any atom is 0.381 e. The Kier molecular flexibility index (Phi) is 36.0. The summed E-state index contributed by atoms with van der Waals surface area (Å²) >= 11 is 21.2. The van der Waals surface area contributed by atoms with Crippen molar-refractivity contribution >= 4 is 104 Å². The zero-order chi connectivity index (χ0) is 61.6. The molecule has 0 saturated heterocycles. The number of carbonyl (C=O) groups excluding carboxylic acids is 1. The van der Waals surface area contributed by atoms with E-state index in [1.54, 1.807) is 36.1 Å². The Morgan fingerprint density at radius 2 is 0.654 bits per heavy atom. The molecule has 0 aliphatic heterocycles. The van der Waals surface area contributed by atoms with Crippen LogP contribution in [0.1, 0.15) is 106 Å². The smallest absolute Gasteiger partial charge is 0.381 e. The third-order valence-corrected chi connectivity index (χ3v) is 19.4. The molecule has 0 radical (unpaired) electrons. The van der Waals surface area contributed by atoms with Crippen LogP contribution in [0.3, 0.4) is 0 Å². The van der Waals surface area contributed by atoms with Crippen molar-refractivity contribution < 1.29 is 59.1 Å². The van der Waals surface area contributed by atoms with Crippen LogP contribution in [-0.4, -0.2) is 146 Å². The first-order valence-corrected chi connectivity index (χ1v) is 36.5. The number of hydrogen-bond acceptors (Lipinski definition) is 28. The van der Waals surface area contributed by atoms with Crippen LogP contribution in [-0.2, 0) is 88.2 Å². The van der Waals surface area contributed by atoms with Gasteiger partial charge in [0.25, 0.3) is 0 Å². The Morgan fingerprint density at radius 3 is 0.889 bits per heavy atom. The molecule has 0 bridgehead atoms. The van der Waals surface area contributed by atoms with Gasteiger partial charge in [0.2, 0.25) is 53.2 Å². The number of hydrogen-bond donors (Lipinski definition) is 0. The minimum Gasteiger partial charge on any atom is -0.405 e. The third kappa shape index (κ3) is 27.5. The van der Waals surface area contributed by atoms with Gasteiger partial charge in [0, 0.05) is 162 Å². The lowest BCUT2D eigenvalue weighted by molar-refractivity contribution is -0.116. The standard InChI is InChI=1S/C13H22N3O4PS.C13H24N3O3PS.2C11H20N3O3PS/c1-6-16(11(5)17)13-14-10(4)9-12(15-13)20-21(22,18-7-2)19-8-3;1-6-16(7-2)13-14-11(5)10-12(15-13)19-20(21,17-8-3)18-9-4;1-6-14(7-2)11-12-9(3)8-10(13-11)17-18(19,15-4)16-5;1-6-15-18(19,16-7-2)17-10-8-9(3)12-11(13-10)14(4)5/h9H,6-8H2,1-5H3;10H,6-9H2,1-5H3;2*8H,6-7H2,1-5H3. The molecule has 1 amide bonds. The van der Waals surface area contributed by atoms with Crippen molar-refractivity contribution in [3.05, 3.63) is 47.0 Å². The summed E-state index contributed by atoms with van der Waals surface area (Å²) in [4.78, 5) is 53.6. The molecule has 0 unspecified atom stereocenters. The van der Waals surface area contributed by atoms with E-state index in [1.807, 2.05) is 107 Å². The van der Waals surface area contributed by atoms with Crippen LogP contribution in [0, 0.1) is 27.7 Å². The van der Waals surface area contributed by atoms with E-state index >= 15 is 0 Å². The van der Waals surface area contributed by atoms with Gasteiger partial charge in [-0.15, -0.1) is 0 Å². The first-order valence-electron chi connectivity index (χ1n) is 26.2. The molecule has 0 aromatic carbocycles. The first kappa shape index (κ1) is 75.7. The lowest BCUT2D eigenvalue weighted by Gasteiger charge is -2.22. The molecule has 25 nitrogen and oxygen atoms in total. The van der Waals surface area contributed by atoms with Crippen LogP contribution in [0.25, 0.3) is 0 Å². The lowest BCUT2D eigenvalue weighted by Crippen LogP contribution is -2.30. The Bertz CT molecular complexity index is 2690. The maximum absolute atomic E-state index is 11.6. The van der Waals surface area contributed by atoms with Gasteiger partial charge in [-0.1, -0.05) is 0 Å². The minimum atomic E-state index is -2.90. The molecule has 0 N–H and O–H groups in total. The van der Waals surface area contributed by atoms with Gasteiger partial charge in [0.1, 0.15) is 0 Å². The zero-order valence-corrected chi connectivity index (χ0v) is 57.5. The topological polar surface area (TPSA) is 244 Å². The summed E-state index contributed by atoms with van der Waals surface area (Å²) < 4.78 is 65.5. The van der Waals surface area contributed by atoms with Gasteiger partial charge in [-0.05, 0) is 104 Å². The Labute approximate surface area is 501 Å². The van der Waals surface area contributed by atoms with Crippen molar-refractivity contribution in [3.63, 3.8) is 0 Å². The summed E-state index contributed by atoms with van der Waals surface area (Å²) in [5.74, 6) is 3.33. The maximum atomic E-state index is 11.6. The van der Waals surface area contributed by atoms with Gasteiger partial charge in [0.05, 0.1) is 39.6 Å². The molecule has 0 aliphatic carbocycles. The molecular weight excluding hydrogens is 1200 g/mol. The Balaban J connectivity index is 0.000000541. The van der Waals surface area contributed by atoms with Gasteiger partial charge in [-0.2, -0.15) is 19.9 Å². The SMILES string of the molecule is CCN(CC)c1nc(C)cc(OP(=S)(OC)OC)n1.CCOP(=S)(OCC)Oc1cc(C)nc(N(C)C)n1.CCOP(=S)(OCC)Oc1cc(C)nc(N(CC)C(C)=O)n1.CCOP(=S)(OCC)Oc1cc(C)nc(N(CC)CC)n1. The average Bonchev–Trinajstić information content (AvgIpc) is 3.39. The Morgan fingerprint density at radius 1 is 0.407 bits per heavy atom. The van der Waals surface area contributed by atoms with E-state index in [0.29, 0.717) is 87.4 Å². The van der Waals surface area contributed by atoms with Crippen molar-refractivity contribution in [1.82, 2.24) is 39.9 Å². The summed E-state index contributed by atoms with van der Waals surface area (Å²) in [5, 5.41) is 0. The van der Waals surface area contributed by atoms with Gasteiger partial charge < -0.3 is 41.8 Å². The second kappa shape index (κ2) is 38.6. The highest BCUT2D eigenvalue weighted by Gasteiger charge is 2.27. The molecule has 0 aliphatic rings. The molecule has 81 heavy (non-hydrogen) atoms. The predicted molar refractivity (Wildman–Crippen MR) is 336 cm³/mol. The van der Waals surface area contributed by atoms with E-state index in [9.17, 15) is 4.79 Å². The van der Waals surface area contributed by atoms with Crippen molar-refractivity contribution in [1.29, 1.82) is 0 Å². The molecule has 33 heteroatoms. The summed E-state index contributed by atoms with van der Waals surface area (Å²) in [6, 6.07) is 6.81. The molecule has 0 spiro atoms. The average molecular weight is 1290 g/mol. The lowest BCUT2D eigenvalue weighted by atomic mass is 10.4. The second-order valence-electron chi connectivity index (χ2n) is 16.1. The van der Waals surface area contributed by atoms with Gasteiger partial charge in [0.15, 0.2) is 0 Å². The summed E-state index contributed by atoms with van der Waals surface area (Å²) in [6.45, 7) is 25.0. The number of aromatic nitrogens is 8. The highest BCUT2D eigenvalue weighted by atomic mass is 32.5. The largest absolute Gasteiger partial charge is 0.405 e. The molecule has 4 aromatic rings. The number of carbonyl (C=O) groups is 1. The van der Waals surface area contributed by atoms with Crippen LogP contribution in [0.15, 0.2) is 24.3 Å². The molecule has 0 atom stereocenters. The third-order valence-electron chi connectivity index (χ3n) is 9.70. The van der Waals surface area contributed by atoms with E-state index in [1.165, 1.54) is 26.0 Å². The normalized spacial score (nSPS) is 11.4. The van der Waals surface area contributed by atoms with Gasteiger partial charge >= 0.3 is 26.9 Å². The van der Waals surface area contributed by atoms with Gasteiger partial charge in [-0.3, -0.25) is 36.8 Å². The zero-order valence-electron chi connectivity index (χ0n) is 50.7. The monoisotopic (exact) mass is 1290 g/mol. The van der Waals surface area contributed by atoms with Crippen molar-refractivity contribution in [2.75, 3.05) is 120 Å². The molecule has 460 valence electrons. The van der Waals surface area contributed by atoms with Crippen LogP contribution < -0.4 is 37.7 Å². The van der Waals surface area contributed by atoms with E-state index < -0.39 is 26.9 Å². The fourth-order valence-corrected chi connectivity index (χ4v) is 13.1. The molecule has 0 fully saturated rings. The van der Waals surface area contributed by atoms with Crippen molar-refractivity contribution in [2.45, 2.75) is 111 Å². The first-order chi connectivity index (χ1) is 38.2. The highest BCUT2D eigenvalue weighted by molar-refractivity contribution is 8.08. The number of nitrogens with zero attached hydrogens (tertiary/aromatic N) is 12. The summed E-state index contributed by atoms with van der Waals surface area (Å²) in [7, 11) is 6.65. The second-order valence-corrected chi connectivity index (χ2v) is 28.1. The fourth-order valence-electron chi connectivity index (χ4n) is 6.23. The van der Waals surface area contributed by atoms with E-state index in [-0.39, 0.29) is 17.7 Å². The number of rotatable bonds is 31. The fraction of sp³-hybridized carbons (Fsp3) is 0.646. The molecule has 0 saturated carbocycles. The minimum absolute atomic E-state index is 0.145. The van der Waals surface area contributed by atoms with Crippen LogP contribution >= 0.6 is 26.9 Å². The summed E-state index contributed by atoms with van der Waals surface area (Å²) in [6.07, 6.45) is 0. The van der Waals surface area contributed by atoms with Crippen LogP contribution in [0.2, 0.25) is 0 Å². The van der Waals surface area contributed by atoms with Crippen LogP contribution in [0.4, 0.5) is 23.8 Å². The predicted octanol–water partition coefficient (Wildman–Crippen LogP) is 11.2. The Hall–Kier alpha value is -3.33. The molecule has 4 aromatic heterocycles. The number of aryl methyl sites for hydroxylation is 4. The van der Waals surface area contributed by atoms with Gasteiger partial charge in [-0.25, -0.2) is 19.9 Å². The van der Waals surface area contributed by atoms with Crippen molar-refractivity contribution in [3.8, 4) is 23.5 Å². The molecule has 4 heterocycles.